The number of carbonyl (C=O) groups is 2. The predicted molar refractivity (Wildman–Crippen MR) is 86.2 cm³/mol. The molecule has 0 aliphatic rings. The van der Waals surface area contributed by atoms with Crippen molar-refractivity contribution in [2.24, 2.45) is 0 Å². The van der Waals surface area contributed by atoms with Crippen LogP contribution in [0, 0.1) is 0 Å². The number of hydrogen-bond donors (Lipinski definition) is 3. The number of nitrogens with one attached hydrogen (secondary N) is 2. The first-order valence-electron chi connectivity index (χ1n) is 7.71. The molecule has 3 N–H and O–H groups in total. The van der Waals surface area contributed by atoms with Crippen molar-refractivity contribution in [3.8, 4) is 0 Å². The van der Waals surface area contributed by atoms with E-state index in [0.717, 1.165) is 5.56 Å². The monoisotopic (exact) mass is 306 g/mol. The van der Waals surface area contributed by atoms with Gasteiger partial charge in [0.1, 0.15) is 0 Å². The fourth-order valence-corrected chi connectivity index (χ4v) is 2.20. The third kappa shape index (κ3) is 5.85. The number of amides is 2. The lowest BCUT2D eigenvalue weighted by atomic mass is 9.97. The summed E-state index contributed by atoms with van der Waals surface area (Å²) in [6.07, 6.45) is 1.31. The number of aliphatic hydroxyl groups is 1. The number of rotatable bonds is 8. The summed E-state index contributed by atoms with van der Waals surface area (Å²) in [4.78, 5) is 23.4. The summed E-state index contributed by atoms with van der Waals surface area (Å²) in [7, 11) is 0. The maximum absolute atomic E-state index is 12.1. The Morgan fingerprint density at radius 3 is 2.27 bits per heavy atom. The van der Waals surface area contributed by atoms with Crippen LogP contribution in [0.1, 0.15) is 51.6 Å². The molecule has 1 unspecified atom stereocenters. The molecule has 0 heterocycles. The standard InChI is InChI=1S/C17H26N2O3/c1-4-17(22,5-2)12-18-16(21)11-15(19-13(3)20)14-9-7-6-8-10-14/h6-10,15,22H,4-5,11-12H2,1-3H3,(H,18,21)(H,19,20). The maximum Gasteiger partial charge on any atom is 0.222 e. The van der Waals surface area contributed by atoms with Crippen LogP contribution in [0.3, 0.4) is 0 Å². The van der Waals surface area contributed by atoms with Gasteiger partial charge in [0.15, 0.2) is 0 Å². The van der Waals surface area contributed by atoms with Crippen molar-refractivity contribution >= 4 is 11.8 Å². The van der Waals surface area contributed by atoms with Gasteiger partial charge in [-0.2, -0.15) is 0 Å². The van der Waals surface area contributed by atoms with Crippen molar-refractivity contribution in [3.63, 3.8) is 0 Å². The fraction of sp³-hybridized carbons (Fsp3) is 0.529. The van der Waals surface area contributed by atoms with Crippen LogP contribution in [0.25, 0.3) is 0 Å². The molecule has 0 aliphatic carbocycles. The largest absolute Gasteiger partial charge is 0.388 e. The summed E-state index contributed by atoms with van der Waals surface area (Å²) in [6.45, 7) is 5.43. The number of carbonyl (C=O) groups excluding carboxylic acids is 2. The van der Waals surface area contributed by atoms with Gasteiger partial charge < -0.3 is 15.7 Å². The van der Waals surface area contributed by atoms with Crippen molar-refractivity contribution in [1.82, 2.24) is 10.6 Å². The molecule has 1 atom stereocenters. The molecule has 5 nitrogen and oxygen atoms in total. The van der Waals surface area contributed by atoms with E-state index in [1.807, 2.05) is 44.2 Å². The minimum absolute atomic E-state index is 0.146. The first-order valence-corrected chi connectivity index (χ1v) is 7.71. The smallest absolute Gasteiger partial charge is 0.222 e. The molecule has 0 spiro atoms. The molecule has 2 amide bonds. The molecule has 22 heavy (non-hydrogen) atoms. The number of hydrogen-bond acceptors (Lipinski definition) is 3. The molecular formula is C17H26N2O3. The molecule has 122 valence electrons. The van der Waals surface area contributed by atoms with Crippen molar-refractivity contribution in [2.45, 2.75) is 51.7 Å². The summed E-state index contributed by atoms with van der Waals surface area (Å²) in [5, 5.41) is 15.7. The summed E-state index contributed by atoms with van der Waals surface area (Å²) < 4.78 is 0. The first-order chi connectivity index (χ1) is 10.4. The highest BCUT2D eigenvalue weighted by Gasteiger charge is 2.24. The molecule has 0 radical (unpaired) electrons. The van der Waals surface area contributed by atoms with Gasteiger partial charge in [0.25, 0.3) is 0 Å². The molecule has 0 saturated heterocycles. The SMILES string of the molecule is CCC(O)(CC)CNC(=O)CC(NC(C)=O)c1ccccc1. The van der Waals surface area contributed by atoms with Crippen molar-refractivity contribution in [3.05, 3.63) is 35.9 Å². The molecule has 0 fully saturated rings. The van der Waals surface area contributed by atoms with E-state index in [0.29, 0.717) is 12.8 Å². The van der Waals surface area contributed by atoms with Gasteiger partial charge in [-0.25, -0.2) is 0 Å². The normalized spacial score (nSPS) is 12.5. The van der Waals surface area contributed by atoms with Gasteiger partial charge in [0.2, 0.25) is 11.8 Å². The van der Waals surface area contributed by atoms with Crippen molar-refractivity contribution < 1.29 is 14.7 Å². The van der Waals surface area contributed by atoms with Crippen LogP contribution in [-0.2, 0) is 9.59 Å². The zero-order valence-electron chi connectivity index (χ0n) is 13.6. The summed E-state index contributed by atoms with van der Waals surface area (Å²) >= 11 is 0. The van der Waals surface area contributed by atoms with E-state index in [1.165, 1.54) is 6.92 Å². The van der Waals surface area contributed by atoms with E-state index in [9.17, 15) is 14.7 Å². The summed E-state index contributed by atoms with van der Waals surface area (Å²) in [5.74, 6) is -0.372. The Morgan fingerprint density at radius 1 is 1.18 bits per heavy atom. The highest BCUT2D eigenvalue weighted by Crippen LogP contribution is 2.17. The van der Waals surface area contributed by atoms with E-state index >= 15 is 0 Å². The zero-order valence-corrected chi connectivity index (χ0v) is 13.6. The third-order valence-electron chi connectivity index (χ3n) is 3.90. The molecule has 0 aliphatic heterocycles. The second-order valence-corrected chi connectivity index (χ2v) is 5.58. The second-order valence-electron chi connectivity index (χ2n) is 5.58. The Balaban J connectivity index is 2.66. The molecule has 0 saturated carbocycles. The lowest BCUT2D eigenvalue weighted by Crippen LogP contribution is -2.43. The fourth-order valence-electron chi connectivity index (χ4n) is 2.20. The highest BCUT2D eigenvalue weighted by atomic mass is 16.3. The van der Waals surface area contributed by atoms with Gasteiger partial charge in [-0.05, 0) is 18.4 Å². The maximum atomic E-state index is 12.1. The number of benzene rings is 1. The Hall–Kier alpha value is -1.88. The first kappa shape index (κ1) is 18.2. The molecule has 5 heteroatoms. The van der Waals surface area contributed by atoms with Crippen LogP contribution >= 0.6 is 0 Å². The van der Waals surface area contributed by atoms with E-state index in [4.69, 9.17) is 0 Å². The average Bonchev–Trinajstić information content (AvgIpc) is 2.52. The van der Waals surface area contributed by atoms with E-state index in [1.54, 1.807) is 0 Å². The lowest BCUT2D eigenvalue weighted by Gasteiger charge is -2.26. The van der Waals surface area contributed by atoms with Crippen molar-refractivity contribution in [1.29, 1.82) is 0 Å². The minimum atomic E-state index is -0.869. The van der Waals surface area contributed by atoms with Crippen LogP contribution in [0.15, 0.2) is 30.3 Å². The Kier molecular flexibility index (Phi) is 7.05. The molecule has 0 bridgehead atoms. The summed E-state index contributed by atoms with van der Waals surface area (Å²) in [5.41, 5.74) is 0.0143. The zero-order chi connectivity index (χ0) is 16.6. The van der Waals surface area contributed by atoms with Crippen LogP contribution in [-0.4, -0.2) is 29.1 Å². The van der Waals surface area contributed by atoms with E-state index in [-0.39, 0.29) is 30.8 Å². The van der Waals surface area contributed by atoms with Gasteiger partial charge in [-0.15, -0.1) is 0 Å². The van der Waals surface area contributed by atoms with Crippen LogP contribution < -0.4 is 10.6 Å². The van der Waals surface area contributed by atoms with E-state index < -0.39 is 5.60 Å². The van der Waals surface area contributed by atoms with Gasteiger partial charge in [0.05, 0.1) is 18.1 Å². The van der Waals surface area contributed by atoms with E-state index in [2.05, 4.69) is 10.6 Å². The van der Waals surface area contributed by atoms with Crippen LogP contribution in [0.5, 0.6) is 0 Å². The molecule has 1 aromatic rings. The molecule has 0 aromatic heterocycles. The van der Waals surface area contributed by atoms with Gasteiger partial charge >= 0.3 is 0 Å². The molecule has 1 aromatic carbocycles. The van der Waals surface area contributed by atoms with Crippen molar-refractivity contribution in [2.75, 3.05) is 6.54 Å². The summed E-state index contributed by atoms with van der Waals surface area (Å²) in [6, 6.07) is 9.01. The van der Waals surface area contributed by atoms with Gasteiger partial charge in [0, 0.05) is 13.5 Å². The predicted octanol–water partition coefficient (Wildman–Crippen LogP) is 1.92. The Bertz CT molecular complexity index is 484. The molecule has 1 rings (SSSR count). The second kappa shape index (κ2) is 8.54. The third-order valence-corrected chi connectivity index (χ3v) is 3.90. The topological polar surface area (TPSA) is 78.4 Å². The molecular weight excluding hydrogens is 280 g/mol. The highest BCUT2D eigenvalue weighted by molar-refractivity contribution is 5.79. The van der Waals surface area contributed by atoms with Gasteiger partial charge in [-0.1, -0.05) is 44.2 Å². The Labute approximate surface area is 132 Å². The Morgan fingerprint density at radius 2 is 1.77 bits per heavy atom. The lowest BCUT2D eigenvalue weighted by molar-refractivity contribution is -0.123. The quantitative estimate of drug-likeness (QED) is 0.686. The van der Waals surface area contributed by atoms with Crippen LogP contribution in [0.2, 0.25) is 0 Å². The van der Waals surface area contributed by atoms with Crippen LogP contribution in [0.4, 0.5) is 0 Å². The minimum Gasteiger partial charge on any atom is -0.388 e. The average molecular weight is 306 g/mol. The van der Waals surface area contributed by atoms with Gasteiger partial charge in [-0.3, -0.25) is 9.59 Å².